The molecule has 118 valence electrons. The molecular weight excluding hydrogens is 282 g/mol. The first kappa shape index (κ1) is 16.0. The molecule has 0 bridgehead atoms. The van der Waals surface area contributed by atoms with E-state index in [9.17, 15) is 9.59 Å². The number of carbonyl (C=O) groups excluding carboxylic acids is 2. The number of hydrogen-bond donors (Lipinski definition) is 1. The van der Waals surface area contributed by atoms with Crippen LogP contribution in [-0.4, -0.2) is 33.9 Å². The van der Waals surface area contributed by atoms with Crippen molar-refractivity contribution >= 4 is 17.5 Å². The van der Waals surface area contributed by atoms with Crippen LogP contribution in [-0.2, 0) is 20.7 Å². The Morgan fingerprint density at radius 1 is 1.41 bits per heavy atom. The van der Waals surface area contributed by atoms with Crippen molar-refractivity contribution in [3.8, 4) is 0 Å². The van der Waals surface area contributed by atoms with E-state index >= 15 is 0 Å². The fourth-order valence-corrected chi connectivity index (χ4v) is 2.14. The van der Waals surface area contributed by atoms with Crippen molar-refractivity contribution in [3.05, 3.63) is 35.8 Å². The van der Waals surface area contributed by atoms with Crippen LogP contribution in [0.1, 0.15) is 31.5 Å². The molecule has 0 radical (unpaired) electrons. The summed E-state index contributed by atoms with van der Waals surface area (Å²) in [4.78, 5) is 27.7. The number of aromatic nitrogens is 2. The zero-order valence-electron chi connectivity index (χ0n) is 13.1. The van der Waals surface area contributed by atoms with Crippen LogP contribution in [0.4, 0.5) is 0 Å². The molecule has 0 unspecified atom stereocenters. The molecule has 0 saturated carbocycles. The third-order valence-electron chi connectivity index (χ3n) is 3.09. The van der Waals surface area contributed by atoms with Gasteiger partial charge in [-0.05, 0) is 32.4 Å². The van der Waals surface area contributed by atoms with Gasteiger partial charge in [-0.15, -0.1) is 0 Å². The van der Waals surface area contributed by atoms with E-state index in [4.69, 9.17) is 4.74 Å². The van der Waals surface area contributed by atoms with Crippen molar-refractivity contribution in [2.45, 2.75) is 39.7 Å². The van der Waals surface area contributed by atoms with Crippen LogP contribution in [0.3, 0.4) is 0 Å². The number of fused-ring (bicyclic) bond motifs is 1. The van der Waals surface area contributed by atoms with E-state index in [1.165, 1.54) is 0 Å². The summed E-state index contributed by atoms with van der Waals surface area (Å²) in [5.74, 6) is -0.461. The van der Waals surface area contributed by atoms with Gasteiger partial charge >= 0.3 is 5.97 Å². The topological polar surface area (TPSA) is 72.7 Å². The lowest BCUT2D eigenvalue weighted by Crippen LogP contribution is -2.28. The summed E-state index contributed by atoms with van der Waals surface area (Å²) in [6.45, 7) is 5.84. The van der Waals surface area contributed by atoms with E-state index < -0.39 is 0 Å². The van der Waals surface area contributed by atoms with Crippen LogP contribution in [0.15, 0.2) is 24.5 Å². The molecule has 0 saturated heterocycles. The minimum atomic E-state index is -0.307. The van der Waals surface area contributed by atoms with E-state index in [1.807, 2.05) is 35.9 Å². The molecule has 22 heavy (non-hydrogen) atoms. The van der Waals surface area contributed by atoms with Crippen LogP contribution in [0, 0.1) is 6.92 Å². The summed E-state index contributed by atoms with van der Waals surface area (Å²) in [5.41, 5.74) is 2.62. The van der Waals surface area contributed by atoms with Gasteiger partial charge in [0, 0.05) is 18.9 Å². The number of pyridine rings is 1. The number of rotatable bonds is 6. The fourth-order valence-electron chi connectivity index (χ4n) is 2.14. The van der Waals surface area contributed by atoms with Crippen molar-refractivity contribution in [2.75, 3.05) is 6.54 Å². The van der Waals surface area contributed by atoms with Crippen LogP contribution in [0.5, 0.6) is 0 Å². The molecule has 1 N–H and O–H groups in total. The molecule has 2 aromatic heterocycles. The van der Waals surface area contributed by atoms with Crippen LogP contribution < -0.4 is 5.32 Å². The fraction of sp³-hybridized carbons (Fsp3) is 0.438. The van der Waals surface area contributed by atoms with Crippen molar-refractivity contribution in [3.63, 3.8) is 0 Å². The number of nitrogens with zero attached hydrogens (tertiary/aromatic N) is 2. The predicted molar refractivity (Wildman–Crippen MR) is 82.5 cm³/mol. The smallest absolute Gasteiger partial charge is 0.307 e. The molecule has 0 aliphatic rings. The van der Waals surface area contributed by atoms with Gasteiger partial charge in [-0.25, -0.2) is 4.98 Å². The highest BCUT2D eigenvalue weighted by Crippen LogP contribution is 2.10. The number of hydrogen-bond acceptors (Lipinski definition) is 4. The highest BCUT2D eigenvalue weighted by molar-refractivity contribution is 5.79. The van der Waals surface area contributed by atoms with Gasteiger partial charge in [0.15, 0.2) is 0 Å². The second-order valence-electron chi connectivity index (χ2n) is 5.47. The van der Waals surface area contributed by atoms with Crippen LogP contribution >= 0.6 is 0 Å². The maximum absolute atomic E-state index is 11.9. The Labute approximate surface area is 129 Å². The summed E-state index contributed by atoms with van der Waals surface area (Å²) in [7, 11) is 0. The van der Waals surface area contributed by atoms with Crippen molar-refractivity contribution < 1.29 is 14.3 Å². The molecule has 1 amide bonds. The highest BCUT2D eigenvalue weighted by atomic mass is 16.5. The molecule has 0 aromatic carbocycles. The lowest BCUT2D eigenvalue weighted by atomic mass is 10.3. The van der Waals surface area contributed by atoms with Gasteiger partial charge in [-0.3, -0.25) is 9.59 Å². The molecule has 0 spiro atoms. The zero-order valence-corrected chi connectivity index (χ0v) is 13.1. The van der Waals surface area contributed by atoms with Gasteiger partial charge in [0.25, 0.3) is 0 Å². The Balaban J connectivity index is 1.83. The molecule has 0 aliphatic carbocycles. The minimum absolute atomic E-state index is 0.135. The highest BCUT2D eigenvalue weighted by Gasteiger charge is 2.10. The van der Waals surface area contributed by atoms with Crippen molar-refractivity contribution in [2.24, 2.45) is 0 Å². The molecule has 6 nitrogen and oxygen atoms in total. The number of aryl methyl sites for hydroxylation is 1. The number of carbonyl (C=O) groups is 2. The van der Waals surface area contributed by atoms with Crippen molar-refractivity contribution in [1.82, 2.24) is 14.7 Å². The molecule has 2 rings (SSSR count). The second-order valence-corrected chi connectivity index (χ2v) is 5.47. The number of amides is 1. The van der Waals surface area contributed by atoms with Gasteiger partial charge in [-0.1, -0.05) is 6.07 Å². The van der Waals surface area contributed by atoms with Gasteiger partial charge in [0.2, 0.25) is 5.91 Å². The largest absolute Gasteiger partial charge is 0.463 e. The Bertz CT molecular complexity index is 676. The Morgan fingerprint density at radius 3 is 2.86 bits per heavy atom. The van der Waals surface area contributed by atoms with Gasteiger partial charge in [0.1, 0.15) is 5.65 Å². The van der Waals surface area contributed by atoms with Crippen molar-refractivity contribution in [1.29, 1.82) is 0 Å². The van der Waals surface area contributed by atoms with E-state index in [1.54, 1.807) is 13.8 Å². The minimum Gasteiger partial charge on any atom is -0.463 e. The lowest BCUT2D eigenvalue weighted by molar-refractivity contribution is -0.147. The van der Waals surface area contributed by atoms with E-state index in [0.29, 0.717) is 5.69 Å². The summed E-state index contributed by atoms with van der Waals surface area (Å²) < 4.78 is 6.90. The first-order valence-electron chi connectivity index (χ1n) is 7.35. The Hall–Kier alpha value is -2.37. The third kappa shape index (κ3) is 4.31. The third-order valence-corrected chi connectivity index (χ3v) is 3.09. The summed E-state index contributed by atoms with van der Waals surface area (Å²) in [5, 5.41) is 2.71. The Kier molecular flexibility index (Phi) is 5.14. The monoisotopic (exact) mass is 303 g/mol. The average molecular weight is 303 g/mol. The molecular formula is C16H21N3O3. The molecule has 2 heterocycles. The van der Waals surface area contributed by atoms with E-state index in [0.717, 1.165) is 11.2 Å². The average Bonchev–Trinajstić information content (AvgIpc) is 2.81. The molecule has 0 atom stereocenters. The maximum atomic E-state index is 11.9. The van der Waals surface area contributed by atoms with Gasteiger partial charge in [-0.2, -0.15) is 0 Å². The van der Waals surface area contributed by atoms with Crippen LogP contribution in [0.2, 0.25) is 0 Å². The number of nitrogens with one attached hydrogen (secondary N) is 1. The maximum Gasteiger partial charge on any atom is 0.307 e. The Morgan fingerprint density at radius 2 is 2.18 bits per heavy atom. The SMILES string of the molecule is Cc1cccn2cc(CC(=O)NCCC(=O)OC(C)C)nc12. The first-order chi connectivity index (χ1) is 10.5. The number of esters is 1. The molecule has 2 aromatic rings. The quantitative estimate of drug-likeness (QED) is 0.824. The normalized spacial score (nSPS) is 10.9. The number of ether oxygens (including phenoxy) is 1. The standard InChI is InChI=1S/C16H21N3O3/c1-11(2)22-15(21)6-7-17-14(20)9-13-10-19-8-4-5-12(3)16(19)18-13/h4-5,8,10-11H,6-7,9H2,1-3H3,(H,17,20). The predicted octanol–water partition coefficient (Wildman–Crippen LogP) is 1.64. The lowest BCUT2D eigenvalue weighted by Gasteiger charge is -2.08. The first-order valence-corrected chi connectivity index (χ1v) is 7.35. The van der Waals surface area contributed by atoms with E-state index in [-0.39, 0.29) is 37.4 Å². The zero-order chi connectivity index (χ0) is 16.1. The van der Waals surface area contributed by atoms with Crippen LogP contribution in [0.25, 0.3) is 5.65 Å². The number of imidazole rings is 1. The summed E-state index contributed by atoms with van der Waals surface area (Å²) >= 11 is 0. The summed E-state index contributed by atoms with van der Waals surface area (Å²) in [6.07, 6.45) is 3.98. The molecule has 0 aliphatic heterocycles. The molecule has 6 heteroatoms. The second kappa shape index (κ2) is 7.06. The molecule has 0 fully saturated rings. The van der Waals surface area contributed by atoms with E-state index in [2.05, 4.69) is 10.3 Å². The summed E-state index contributed by atoms with van der Waals surface area (Å²) in [6, 6.07) is 3.92. The van der Waals surface area contributed by atoms with Gasteiger partial charge < -0.3 is 14.5 Å². The van der Waals surface area contributed by atoms with Gasteiger partial charge in [0.05, 0.1) is 24.6 Å².